The molecule has 29 heavy (non-hydrogen) atoms. The molecule has 0 N–H and O–H groups in total. The van der Waals surface area contributed by atoms with Gasteiger partial charge in [0.15, 0.2) is 5.78 Å². The number of hydrogen-bond donors (Lipinski definition) is 0. The van der Waals surface area contributed by atoms with Gasteiger partial charge in [0.2, 0.25) is 0 Å². The zero-order valence-electron chi connectivity index (χ0n) is 15.7. The standard InChI is InChI=1S/C20H17N3O5S/c1-21(2)15-7-3-13(4-8-15)11-18-19(25)22(20(26)29-18)12-17(24)14-5-9-16(10-6-14)23(27)28/h3-11H,12H2,1-2H3/b18-11+. The number of rotatable bonds is 6. The first kappa shape index (κ1) is 20.3. The molecule has 1 fully saturated rings. The van der Waals surface area contributed by atoms with E-state index in [0.29, 0.717) is 0 Å². The summed E-state index contributed by atoms with van der Waals surface area (Å²) in [4.78, 5) is 50.4. The lowest BCUT2D eigenvalue weighted by Crippen LogP contribution is -2.33. The van der Waals surface area contributed by atoms with Crippen LogP contribution < -0.4 is 4.90 Å². The van der Waals surface area contributed by atoms with Gasteiger partial charge >= 0.3 is 0 Å². The molecule has 8 nitrogen and oxygen atoms in total. The summed E-state index contributed by atoms with van der Waals surface area (Å²) in [7, 11) is 3.84. The van der Waals surface area contributed by atoms with Crippen LogP contribution in [-0.4, -0.2) is 47.4 Å². The minimum atomic E-state index is -0.569. The van der Waals surface area contributed by atoms with Crippen molar-refractivity contribution in [1.29, 1.82) is 0 Å². The Morgan fingerprint density at radius 3 is 2.28 bits per heavy atom. The summed E-state index contributed by atoms with van der Waals surface area (Å²) >= 11 is 0.777. The van der Waals surface area contributed by atoms with Crippen LogP contribution in [0.25, 0.3) is 6.08 Å². The Labute approximate surface area is 170 Å². The number of hydrogen-bond acceptors (Lipinski definition) is 7. The number of imide groups is 1. The van der Waals surface area contributed by atoms with E-state index in [1.165, 1.54) is 24.3 Å². The molecule has 9 heteroatoms. The first-order valence-electron chi connectivity index (χ1n) is 8.56. The molecule has 0 bridgehead atoms. The maximum atomic E-state index is 12.6. The van der Waals surface area contributed by atoms with Crippen molar-refractivity contribution in [2.45, 2.75) is 0 Å². The van der Waals surface area contributed by atoms with E-state index in [4.69, 9.17) is 0 Å². The Kier molecular flexibility index (Phi) is 5.79. The summed E-state index contributed by atoms with van der Waals surface area (Å²) in [5, 5.41) is 10.2. The molecule has 0 spiro atoms. The Balaban J connectivity index is 1.73. The van der Waals surface area contributed by atoms with E-state index in [0.717, 1.165) is 27.9 Å². The van der Waals surface area contributed by atoms with Gasteiger partial charge in [-0.25, -0.2) is 0 Å². The van der Waals surface area contributed by atoms with E-state index in [9.17, 15) is 24.5 Å². The van der Waals surface area contributed by atoms with Crippen molar-refractivity contribution in [2.24, 2.45) is 0 Å². The molecule has 1 heterocycles. The van der Waals surface area contributed by atoms with E-state index >= 15 is 0 Å². The Hall–Kier alpha value is -3.46. The summed E-state index contributed by atoms with van der Waals surface area (Å²) in [6, 6.07) is 12.5. The number of thioether (sulfide) groups is 1. The van der Waals surface area contributed by atoms with Gasteiger partial charge in [0.05, 0.1) is 16.4 Å². The largest absolute Gasteiger partial charge is 0.378 e. The second-order valence-corrected chi connectivity index (χ2v) is 7.47. The Bertz CT molecular complexity index is 1010. The zero-order chi connectivity index (χ0) is 21.1. The molecular formula is C20H17N3O5S. The summed E-state index contributed by atoms with van der Waals surface area (Å²) in [5.41, 5.74) is 1.82. The summed E-state index contributed by atoms with van der Waals surface area (Å²) in [6.07, 6.45) is 1.61. The van der Waals surface area contributed by atoms with E-state index in [1.54, 1.807) is 6.08 Å². The van der Waals surface area contributed by atoms with Crippen molar-refractivity contribution in [3.8, 4) is 0 Å². The Morgan fingerprint density at radius 1 is 1.10 bits per heavy atom. The highest BCUT2D eigenvalue weighted by atomic mass is 32.2. The molecular weight excluding hydrogens is 394 g/mol. The number of nitro groups is 1. The molecule has 2 aromatic rings. The van der Waals surface area contributed by atoms with Gasteiger partial charge in [-0.2, -0.15) is 0 Å². The Morgan fingerprint density at radius 2 is 1.72 bits per heavy atom. The molecule has 1 saturated heterocycles. The summed E-state index contributed by atoms with van der Waals surface area (Å²) < 4.78 is 0. The molecule has 2 aromatic carbocycles. The smallest absolute Gasteiger partial charge is 0.293 e. The fourth-order valence-electron chi connectivity index (χ4n) is 2.66. The second kappa shape index (κ2) is 8.27. The van der Waals surface area contributed by atoms with Crippen LogP contribution in [0.1, 0.15) is 15.9 Å². The van der Waals surface area contributed by atoms with Gasteiger partial charge in [0.25, 0.3) is 16.8 Å². The predicted molar refractivity (Wildman–Crippen MR) is 111 cm³/mol. The van der Waals surface area contributed by atoms with Crippen molar-refractivity contribution >= 4 is 46.1 Å². The van der Waals surface area contributed by atoms with Crippen LogP contribution in [0, 0.1) is 10.1 Å². The number of anilines is 1. The maximum absolute atomic E-state index is 12.6. The monoisotopic (exact) mass is 411 g/mol. The SMILES string of the molecule is CN(C)c1ccc(/C=C2/SC(=O)N(CC(=O)c3ccc([N+](=O)[O-])cc3)C2=O)cc1. The van der Waals surface area contributed by atoms with Crippen LogP contribution >= 0.6 is 11.8 Å². The average molecular weight is 411 g/mol. The zero-order valence-corrected chi connectivity index (χ0v) is 16.5. The molecule has 0 unspecified atom stereocenters. The predicted octanol–water partition coefficient (Wildman–Crippen LogP) is 3.58. The maximum Gasteiger partial charge on any atom is 0.293 e. The van der Waals surface area contributed by atoms with Gasteiger partial charge in [-0.05, 0) is 47.7 Å². The van der Waals surface area contributed by atoms with Crippen molar-refractivity contribution in [1.82, 2.24) is 4.90 Å². The lowest BCUT2D eigenvalue weighted by atomic mass is 10.1. The number of non-ortho nitro benzene ring substituents is 1. The van der Waals surface area contributed by atoms with Crippen LogP contribution in [0.4, 0.5) is 16.2 Å². The first-order valence-corrected chi connectivity index (χ1v) is 9.38. The van der Waals surface area contributed by atoms with Crippen molar-refractivity contribution in [3.63, 3.8) is 0 Å². The summed E-state index contributed by atoms with van der Waals surface area (Å²) in [5.74, 6) is -1.01. The molecule has 0 radical (unpaired) electrons. The van der Waals surface area contributed by atoms with Gasteiger partial charge in [0.1, 0.15) is 0 Å². The molecule has 0 aliphatic carbocycles. The molecule has 0 atom stereocenters. The van der Waals surface area contributed by atoms with Crippen LogP contribution in [0.5, 0.6) is 0 Å². The highest BCUT2D eigenvalue weighted by molar-refractivity contribution is 8.18. The van der Waals surface area contributed by atoms with Gasteiger partial charge in [0, 0.05) is 37.5 Å². The van der Waals surface area contributed by atoms with E-state index in [1.807, 2.05) is 43.3 Å². The van der Waals surface area contributed by atoms with E-state index in [2.05, 4.69) is 0 Å². The molecule has 1 aliphatic rings. The lowest BCUT2D eigenvalue weighted by molar-refractivity contribution is -0.384. The molecule has 3 rings (SSSR count). The van der Waals surface area contributed by atoms with Crippen LogP contribution in [0.3, 0.4) is 0 Å². The normalized spacial score (nSPS) is 15.1. The minimum absolute atomic E-state index is 0.143. The van der Waals surface area contributed by atoms with Gasteiger partial charge < -0.3 is 4.90 Å². The van der Waals surface area contributed by atoms with Gasteiger partial charge in [-0.15, -0.1) is 0 Å². The number of carbonyl (C=O) groups is 3. The van der Waals surface area contributed by atoms with Crippen LogP contribution in [-0.2, 0) is 4.79 Å². The highest BCUT2D eigenvalue weighted by Gasteiger charge is 2.36. The van der Waals surface area contributed by atoms with Crippen LogP contribution in [0.15, 0.2) is 53.4 Å². The number of amides is 2. The molecule has 1 aliphatic heterocycles. The third-order valence-electron chi connectivity index (χ3n) is 4.28. The lowest BCUT2D eigenvalue weighted by Gasteiger charge is -2.12. The number of nitrogens with zero attached hydrogens (tertiary/aromatic N) is 3. The van der Waals surface area contributed by atoms with E-state index in [-0.39, 0.29) is 16.2 Å². The quantitative estimate of drug-likeness (QED) is 0.310. The molecule has 148 valence electrons. The third-order valence-corrected chi connectivity index (χ3v) is 5.19. The number of ketones is 1. The molecule has 2 amide bonds. The number of benzene rings is 2. The van der Waals surface area contributed by atoms with Crippen molar-refractivity contribution in [2.75, 3.05) is 25.5 Å². The fraction of sp³-hybridized carbons (Fsp3) is 0.150. The minimum Gasteiger partial charge on any atom is -0.378 e. The molecule has 0 saturated carbocycles. The molecule has 0 aromatic heterocycles. The van der Waals surface area contributed by atoms with Gasteiger partial charge in [-0.3, -0.25) is 29.4 Å². The second-order valence-electron chi connectivity index (χ2n) is 6.48. The fourth-order valence-corrected chi connectivity index (χ4v) is 3.50. The summed E-state index contributed by atoms with van der Waals surface area (Å²) in [6.45, 7) is -0.417. The van der Waals surface area contributed by atoms with Gasteiger partial charge in [-0.1, -0.05) is 12.1 Å². The number of carbonyl (C=O) groups excluding carboxylic acids is 3. The number of nitro benzene ring substituents is 1. The van der Waals surface area contributed by atoms with Crippen molar-refractivity contribution in [3.05, 3.63) is 74.7 Å². The van der Waals surface area contributed by atoms with Crippen LogP contribution in [0.2, 0.25) is 0 Å². The average Bonchev–Trinajstić information content (AvgIpc) is 2.95. The highest BCUT2D eigenvalue weighted by Crippen LogP contribution is 2.32. The van der Waals surface area contributed by atoms with E-state index < -0.39 is 28.4 Å². The first-order chi connectivity index (χ1) is 13.8. The van der Waals surface area contributed by atoms with Crippen molar-refractivity contribution < 1.29 is 19.3 Å². The third kappa shape index (κ3) is 4.52. The topological polar surface area (TPSA) is 101 Å². The number of Topliss-reactive ketones (excluding diaryl/α,β-unsaturated/α-hetero) is 1.